The maximum absolute atomic E-state index is 14.2. The van der Waals surface area contributed by atoms with Gasteiger partial charge in [0, 0.05) is 23.6 Å². The lowest BCUT2D eigenvalue weighted by Gasteiger charge is -2.18. The number of nitriles is 2. The Labute approximate surface area is 162 Å². The molecule has 11 heteroatoms. The van der Waals surface area contributed by atoms with Gasteiger partial charge in [-0.05, 0) is 24.3 Å². The van der Waals surface area contributed by atoms with Crippen molar-refractivity contribution in [3.63, 3.8) is 0 Å². The second kappa shape index (κ2) is 7.28. The van der Waals surface area contributed by atoms with Gasteiger partial charge < -0.3 is 9.84 Å². The molecule has 6 nitrogen and oxygen atoms in total. The van der Waals surface area contributed by atoms with E-state index in [4.69, 9.17) is 15.3 Å². The highest BCUT2D eigenvalue weighted by Crippen LogP contribution is 2.49. The van der Waals surface area contributed by atoms with Gasteiger partial charge in [-0.2, -0.15) is 10.5 Å². The summed E-state index contributed by atoms with van der Waals surface area (Å²) in [6.45, 7) is 0. The first-order valence-corrected chi connectivity index (χ1v) is 9.51. The minimum absolute atomic E-state index is 0.0769. The van der Waals surface area contributed by atoms with Gasteiger partial charge in [0.1, 0.15) is 33.1 Å². The summed E-state index contributed by atoms with van der Waals surface area (Å²) in [5, 5.41) is 27.7. The van der Waals surface area contributed by atoms with Crippen LogP contribution in [0, 0.1) is 28.6 Å². The number of benzene rings is 2. The average Bonchev–Trinajstić information content (AvgIpc) is 2.91. The Kier molecular flexibility index (Phi) is 5.13. The van der Waals surface area contributed by atoms with Crippen molar-refractivity contribution in [2.45, 2.75) is 23.3 Å². The Bertz CT molecular complexity index is 1190. The molecule has 2 aromatic carbocycles. The molecule has 2 aromatic rings. The first-order valence-electron chi connectivity index (χ1n) is 7.89. The lowest BCUT2D eigenvalue weighted by Crippen LogP contribution is -2.25. The van der Waals surface area contributed by atoms with Crippen molar-refractivity contribution in [2.75, 3.05) is 0 Å². The number of aliphatic hydroxyl groups is 1. The zero-order valence-corrected chi connectivity index (χ0v) is 15.1. The number of alkyl halides is 2. The van der Waals surface area contributed by atoms with Gasteiger partial charge in [0.15, 0.2) is 11.8 Å². The minimum atomic E-state index is -4.03. The number of nitrogens with zero attached hydrogens (tertiary/aromatic N) is 2. The van der Waals surface area contributed by atoms with E-state index in [2.05, 4.69) is 0 Å². The van der Waals surface area contributed by atoms with E-state index in [0.717, 1.165) is 24.3 Å². The summed E-state index contributed by atoms with van der Waals surface area (Å²) in [6.07, 6.45) is -2.17. The van der Waals surface area contributed by atoms with Crippen LogP contribution in [0.5, 0.6) is 11.5 Å². The SMILES string of the molecule is N#CNS(=O)(=CF)c1ccc(Oc2cc(F)cc(C#N)c2)c2c1C(O)C(F)(F)C2. The summed E-state index contributed by atoms with van der Waals surface area (Å²) in [6, 6.07) is 6.79. The van der Waals surface area contributed by atoms with Gasteiger partial charge in [-0.1, -0.05) is 0 Å². The summed E-state index contributed by atoms with van der Waals surface area (Å²) in [5.41, 5.74) is -1.25. The summed E-state index contributed by atoms with van der Waals surface area (Å²) in [5.74, 6) is -4.88. The quantitative estimate of drug-likeness (QED) is 0.258. The molecule has 0 radical (unpaired) electrons. The van der Waals surface area contributed by atoms with Crippen molar-refractivity contribution < 1.29 is 31.6 Å². The zero-order valence-electron chi connectivity index (χ0n) is 14.3. The predicted octanol–water partition coefficient (Wildman–Crippen LogP) is 3.07. The van der Waals surface area contributed by atoms with Crippen LogP contribution in [0.25, 0.3) is 0 Å². The Morgan fingerprint density at radius 1 is 1.31 bits per heavy atom. The van der Waals surface area contributed by atoms with Crippen molar-refractivity contribution in [3.05, 3.63) is 52.8 Å². The number of halogens is 4. The standard InChI is InChI=1S/C18H11F4N3O3S/c19-8-29(27,25-9-24)15-2-1-14(13-6-18(21,22)17(26)16(13)15)28-12-4-10(7-23)3-11(20)5-12/h1-5,8,17,26H,6H2,(H,25,27). The smallest absolute Gasteiger partial charge is 0.281 e. The first kappa shape index (κ1) is 20.5. The van der Waals surface area contributed by atoms with E-state index in [9.17, 15) is 26.9 Å². The average molecular weight is 425 g/mol. The third-order valence-corrected chi connectivity index (χ3v) is 5.89. The Morgan fingerprint density at radius 3 is 2.66 bits per heavy atom. The molecule has 1 aliphatic rings. The number of hydrogen-bond donors (Lipinski definition) is 2. The molecular weight excluding hydrogens is 414 g/mol. The number of fused-ring (bicyclic) bond motifs is 1. The van der Waals surface area contributed by atoms with Crippen LogP contribution in [0.2, 0.25) is 0 Å². The van der Waals surface area contributed by atoms with Gasteiger partial charge in [-0.15, -0.1) is 0 Å². The van der Waals surface area contributed by atoms with Crippen LogP contribution in [0.4, 0.5) is 17.6 Å². The van der Waals surface area contributed by atoms with Crippen LogP contribution in [0.15, 0.2) is 35.2 Å². The van der Waals surface area contributed by atoms with E-state index >= 15 is 0 Å². The topological polar surface area (TPSA) is 106 Å². The number of nitrogens with one attached hydrogen (secondary N) is 1. The van der Waals surface area contributed by atoms with Gasteiger partial charge >= 0.3 is 0 Å². The first-order chi connectivity index (χ1) is 13.6. The summed E-state index contributed by atoms with van der Waals surface area (Å²) < 4.78 is 75.1. The fourth-order valence-electron chi connectivity index (χ4n) is 3.02. The van der Waals surface area contributed by atoms with Crippen LogP contribution in [0.3, 0.4) is 0 Å². The largest absolute Gasteiger partial charge is 0.457 e. The van der Waals surface area contributed by atoms with Crippen LogP contribution in [0.1, 0.15) is 22.8 Å². The fourth-order valence-corrected chi connectivity index (χ4v) is 4.23. The van der Waals surface area contributed by atoms with Crippen molar-refractivity contribution in [1.82, 2.24) is 4.72 Å². The molecule has 2 unspecified atom stereocenters. The van der Waals surface area contributed by atoms with Crippen molar-refractivity contribution in [3.8, 4) is 23.8 Å². The molecule has 2 N–H and O–H groups in total. The molecule has 3 rings (SSSR count). The zero-order chi connectivity index (χ0) is 21.4. The Balaban J connectivity index is 2.19. The molecule has 0 aliphatic heterocycles. The monoisotopic (exact) mass is 425 g/mol. The van der Waals surface area contributed by atoms with Crippen LogP contribution in [-0.2, 0) is 16.1 Å². The molecule has 0 amide bonds. The van der Waals surface area contributed by atoms with E-state index in [-0.39, 0.29) is 28.2 Å². The molecule has 1 aliphatic carbocycles. The molecule has 29 heavy (non-hydrogen) atoms. The van der Waals surface area contributed by atoms with Gasteiger partial charge in [0.25, 0.3) is 5.92 Å². The maximum Gasteiger partial charge on any atom is 0.281 e. The Morgan fingerprint density at radius 2 is 2.03 bits per heavy atom. The predicted molar refractivity (Wildman–Crippen MR) is 93.6 cm³/mol. The molecule has 0 saturated carbocycles. The van der Waals surface area contributed by atoms with Crippen molar-refractivity contribution >= 4 is 15.3 Å². The molecule has 0 aromatic heterocycles. The molecule has 2 atom stereocenters. The third kappa shape index (κ3) is 3.58. The van der Waals surface area contributed by atoms with E-state index in [1.807, 2.05) is 0 Å². The molecule has 0 bridgehead atoms. The second-order valence-corrected chi connectivity index (χ2v) is 8.11. The lowest BCUT2D eigenvalue weighted by atomic mass is 10.1. The highest BCUT2D eigenvalue weighted by Gasteiger charge is 2.50. The van der Waals surface area contributed by atoms with E-state index in [1.54, 1.807) is 10.8 Å². The van der Waals surface area contributed by atoms with Crippen LogP contribution in [-0.4, -0.2) is 20.9 Å². The molecular formula is C18H11F4N3O3S. The van der Waals surface area contributed by atoms with Gasteiger partial charge in [-0.3, -0.25) is 0 Å². The van der Waals surface area contributed by atoms with Crippen molar-refractivity contribution in [1.29, 1.82) is 10.5 Å². The number of aliphatic hydroxyl groups excluding tert-OH is 1. The molecule has 0 heterocycles. The van der Waals surface area contributed by atoms with Crippen LogP contribution < -0.4 is 9.46 Å². The number of hydrogen-bond acceptors (Lipinski definition) is 5. The fraction of sp³-hybridized carbons (Fsp3) is 0.167. The Hall–Kier alpha value is -3.28. The number of rotatable bonds is 4. The highest BCUT2D eigenvalue weighted by atomic mass is 32.2. The van der Waals surface area contributed by atoms with E-state index < -0.39 is 44.4 Å². The van der Waals surface area contributed by atoms with Gasteiger partial charge in [0.05, 0.1) is 16.5 Å². The second-order valence-electron chi connectivity index (χ2n) is 6.09. The third-order valence-electron chi connectivity index (χ3n) is 4.24. The highest BCUT2D eigenvalue weighted by molar-refractivity contribution is 7.99. The van der Waals surface area contributed by atoms with Gasteiger partial charge in [-0.25, -0.2) is 26.5 Å². The van der Waals surface area contributed by atoms with Crippen molar-refractivity contribution in [2.24, 2.45) is 0 Å². The maximum atomic E-state index is 14.2. The molecule has 0 fully saturated rings. The minimum Gasteiger partial charge on any atom is -0.457 e. The summed E-state index contributed by atoms with van der Waals surface area (Å²) in [7, 11) is -4.03. The molecule has 0 saturated heterocycles. The lowest BCUT2D eigenvalue weighted by molar-refractivity contribution is -0.0976. The van der Waals surface area contributed by atoms with E-state index in [0.29, 0.717) is 0 Å². The summed E-state index contributed by atoms with van der Waals surface area (Å²) >= 11 is 0. The van der Waals surface area contributed by atoms with Gasteiger partial charge in [0.2, 0.25) is 0 Å². The summed E-state index contributed by atoms with van der Waals surface area (Å²) in [4.78, 5) is -0.537. The van der Waals surface area contributed by atoms with E-state index in [1.165, 1.54) is 12.3 Å². The molecule has 150 valence electrons. The number of ether oxygens (including phenoxy) is 1. The normalized spacial score (nSPS) is 18.7. The molecule has 0 spiro atoms. The van der Waals surface area contributed by atoms with Crippen LogP contribution >= 0.6 is 0 Å².